The second kappa shape index (κ2) is 4.52. The number of aliphatic hydroxyl groups is 1. The second-order valence-electron chi connectivity index (χ2n) is 3.64. The minimum atomic E-state index is -0.309. The minimum Gasteiger partial charge on any atom is -0.394 e. The van der Waals surface area contributed by atoms with Gasteiger partial charge in [-0.3, -0.25) is 4.79 Å². The first-order chi connectivity index (χ1) is 8.15. The zero-order valence-corrected chi connectivity index (χ0v) is 9.19. The van der Waals surface area contributed by atoms with Gasteiger partial charge in [0.05, 0.1) is 31.3 Å². The molecule has 0 radical (unpaired) electrons. The molecular formula is C9H15N5O3. The van der Waals surface area contributed by atoms with Crippen LogP contribution >= 0.6 is 0 Å². The number of nitrogens with zero attached hydrogens (tertiary/aromatic N) is 1. The lowest BCUT2D eigenvalue weighted by Crippen LogP contribution is -2.27. The number of nitrogens with two attached hydrogens (primary N) is 2. The first kappa shape index (κ1) is 11.6. The zero-order valence-electron chi connectivity index (χ0n) is 9.19. The van der Waals surface area contributed by atoms with Gasteiger partial charge in [-0.05, 0) is 0 Å². The summed E-state index contributed by atoms with van der Waals surface area (Å²) in [7, 11) is 0. The highest BCUT2D eigenvalue weighted by Crippen LogP contribution is 2.35. The third-order valence-corrected chi connectivity index (χ3v) is 2.50. The summed E-state index contributed by atoms with van der Waals surface area (Å²) in [4.78, 5) is 15.8. The Morgan fingerprint density at radius 1 is 1.47 bits per heavy atom. The fourth-order valence-corrected chi connectivity index (χ4v) is 1.72. The van der Waals surface area contributed by atoms with Crippen molar-refractivity contribution in [3.63, 3.8) is 0 Å². The van der Waals surface area contributed by atoms with Gasteiger partial charge in [-0.1, -0.05) is 0 Å². The number of nitrogens with one attached hydrogen (secondary N) is 2. The number of aromatic amines is 1. The summed E-state index contributed by atoms with van der Waals surface area (Å²) in [6.45, 7) is 0.816. The SMILES string of the molecule is Nc1[nH]c(=O)c2c(c1N)N(COCCO)CN2. The Kier molecular flexibility index (Phi) is 3.07. The van der Waals surface area contributed by atoms with Crippen LogP contribution in [0.25, 0.3) is 0 Å². The van der Waals surface area contributed by atoms with Crippen LogP contribution in [-0.4, -0.2) is 36.7 Å². The molecule has 7 N–H and O–H groups in total. The number of nitrogen functional groups attached to an aromatic ring is 2. The number of hydrogen-bond donors (Lipinski definition) is 5. The Labute approximate surface area is 97.2 Å². The molecule has 94 valence electrons. The van der Waals surface area contributed by atoms with Gasteiger partial charge in [0.2, 0.25) is 0 Å². The van der Waals surface area contributed by atoms with Crippen molar-refractivity contribution in [2.45, 2.75) is 0 Å². The molecule has 0 fully saturated rings. The molecule has 0 spiro atoms. The summed E-state index contributed by atoms with van der Waals surface area (Å²) >= 11 is 0. The number of H-pyrrole nitrogens is 1. The predicted octanol–water partition coefficient (Wildman–Crippen LogP) is -1.30. The predicted molar refractivity (Wildman–Crippen MR) is 64.8 cm³/mol. The average molecular weight is 241 g/mol. The highest BCUT2D eigenvalue weighted by Gasteiger charge is 2.25. The van der Waals surface area contributed by atoms with E-state index in [1.807, 2.05) is 0 Å². The van der Waals surface area contributed by atoms with E-state index < -0.39 is 0 Å². The van der Waals surface area contributed by atoms with Crippen LogP contribution in [0.1, 0.15) is 0 Å². The fraction of sp³-hybridized carbons (Fsp3) is 0.444. The van der Waals surface area contributed by atoms with Crippen molar-refractivity contribution in [3.05, 3.63) is 10.4 Å². The Morgan fingerprint density at radius 2 is 2.24 bits per heavy atom. The first-order valence-corrected chi connectivity index (χ1v) is 5.13. The molecule has 0 atom stereocenters. The second-order valence-corrected chi connectivity index (χ2v) is 3.64. The number of ether oxygens (including phenoxy) is 1. The van der Waals surface area contributed by atoms with Gasteiger partial charge in [0.15, 0.2) is 0 Å². The summed E-state index contributed by atoms with van der Waals surface area (Å²) in [5.74, 6) is 0.143. The molecule has 1 aliphatic rings. The molecule has 17 heavy (non-hydrogen) atoms. The van der Waals surface area contributed by atoms with E-state index in [1.54, 1.807) is 4.90 Å². The number of aliphatic hydroxyl groups excluding tert-OH is 1. The largest absolute Gasteiger partial charge is 0.394 e. The lowest BCUT2D eigenvalue weighted by atomic mass is 10.3. The average Bonchev–Trinajstić information content (AvgIpc) is 2.71. The lowest BCUT2D eigenvalue weighted by molar-refractivity contribution is 0.0937. The van der Waals surface area contributed by atoms with Gasteiger partial charge in [-0.15, -0.1) is 0 Å². The molecule has 0 aliphatic carbocycles. The van der Waals surface area contributed by atoms with E-state index >= 15 is 0 Å². The Morgan fingerprint density at radius 3 is 2.94 bits per heavy atom. The van der Waals surface area contributed by atoms with Crippen LogP contribution in [0.2, 0.25) is 0 Å². The molecule has 0 unspecified atom stereocenters. The van der Waals surface area contributed by atoms with Crippen molar-refractivity contribution in [3.8, 4) is 0 Å². The van der Waals surface area contributed by atoms with E-state index in [9.17, 15) is 4.79 Å². The third-order valence-electron chi connectivity index (χ3n) is 2.50. The molecular weight excluding hydrogens is 226 g/mol. The van der Waals surface area contributed by atoms with E-state index in [0.717, 1.165) is 0 Å². The maximum absolute atomic E-state index is 11.6. The number of aromatic nitrogens is 1. The number of hydrogen-bond acceptors (Lipinski definition) is 7. The number of anilines is 4. The maximum atomic E-state index is 11.6. The number of fused-ring (bicyclic) bond motifs is 1. The van der Waals surface area contributed by atoms with Gasteiger partial charge in [0, 0.05) is 0 Å². The van der Waals surface area contributed by atoms with Gasteiger partial charge in [0.1, 0.15) is 18.2 Å². The van der Waals surface area contributed by atoms with Crippen molar-refractivity contribution in [1.29, 1.82) is 0 Å². The normalized spacial score (nSPS) is 13.6. The molecule has 0 aromatic carbocycles. The lowest BCUT2D eigenvalue weighted by Gasteiger charge is -2.19. The van der Waals surface area contributed by atoms with E-state index in [-0.39, 0.29) is 31.3 Å². The number of pyridine rings is 1. The quantitative estimate of drug-likeness (QED) is 0.414. The molecule has 0 saturated heterocycles. The van der Waals surface area contributed by atoms with Crippen LogP contribution < -0.4 is 27.2 Å². The Balaban J connectivity index is 2.27. The molecule has 1 aromatic rings. The van der Waals surface area contributed by atoms with Crippen LogP contribution in [0.4, 0.5) is 22.9 Å². The summed E-state index contributed by atoms with van der Waals surface area (Å²) in [5, 5.41) is 11.5. The van der Waals surface area contributed by atoms with Crippen LogP contribution in [0.5, 0.6) is 0 Å². The summed E-state index contributed by atoms with van der Waals surface area (Å²) in [6, 6.07) is 0. The van der Waals surface area contributed by atoms with Crippen molar-refractivity contribution >= 4 is 22.9 Å². The molecule has 2 rings (SSSR count). The van der Waals surface area contributed by atoms with E-state index in [4.69, 9.17) is 21.3 Å². The van der Waals surface area contributed by atoms with E-state index in [1.165, 1.54) is 0 Å². The zero-order chi connectivity index (χ0) is 12.4. The monoisotopic (exact) mass is 241 g/mol. The molecule has 8 nitrogen and oxygen atoms in total. The first-order valence-electron chi connectivity index (χ1n) is 5.13. The molecule has 1 aromatic heterocycles. The van der Waals surface area contributed by atoms with Crippen molar-refractivity contribution in [2.75, 3.05) is 48.3 Å². The van der Waals surface area contributed by atoms with Crippen molar-refractivity contribution in [2.24, 2.45) is 0 Å². The summed E-state index contributed by atoms with van der Waals surface area (Å²) in [6.07, 6.45) is 0. The highest BCUT2D eigenvalue weighted by molar-refractivity contribution is 5.89. The Hall–Kier alpha value is -1.93. The summed E-state index contributed by atoms with van der Waals surface area (Å²) in [5.41, 5.74) is 12.4. The maximum Gasteiger partial charge on any atom is 0.275 e. The molecule has 0 bridgehead atoms. The van der Waals surface area contributed by atoms with Gasteiger partial charge < -0.3 is 36.5 Å². The van der Waals surface area contributed by atoms with Crippen LogP contribution in [-0.2, 0) is 4.74 Å². The fourth-order valence-electron chi connectivity index (χ4n) is 1.72. The molecule has 0 saturated carbocycles. The van der Waals surface area contributed by atoms with Crippen molar-refractivity contribution in [1.82, 2.24) is 4.98 Å². The summed E-state index contributed by atoms with van der Waals surface area (Å²) < 4.78 is 5.19. The minimum absolute atomic E-state index is 0.0544. The smallest absolute Gasteiger partial charge is 0.275 e. The molecule has 0 amide bonds. The van der Waals surface area contributed by atoms with Crippen LogP contribution in [0.3, 0.4) is 0 Å². The van der Waals surface area contributed by atoms with E-state index in [0.29, 0.717) is 23.7 Å². The standard InChI is InChI=1S/C9H15N5O3/c10-5-7-6(9(16)13-8(5)11)12-3-14(7)4-17-2-1-15/h12,15H,1-4,10H2,(H3,11,13,16). The van der Waals surface area contributed by atoms with Gasteiger partial charge >= 0.3 is 0 Å². The molecule has 8 heteroatoms. The van der Waals surface area contributed by atoms with Crippen LogP contribution in [0.15, 0.2) is 4.79 Å². The highest BCUT2D eigenvalue weighted by atomic mass is 16.5. The van der Waals surface area contributed by atoms with Gasteiger partial charge in [0.25, 0.3) is 5.56 Å². The number of rotatable bonds is 4. The van der Waals surface area contributed by atoms with Gasteiger partial charge in [-0.2, -0.15) is 0 Å². The molecule has 1 aliphatic heterocycles. The Bertz CT molecular complexity index is 472. The van der Waals surface area contributed by atoms with Crippen molar-refractivity contribution < 1.29 is 9.84 Å². The third kappa shape index (κ3) is 1.99. The molecule has 2 heterocycles. The van der Waals surface area contributed by atoms with Gasteiger partial charge in [-0.25, -0.2) is 0 Å². The topological polar surface area (TPSA) is 130 Å². The van der Waals surface area contributed by atoms with E-state index in [2.05, 4.69) is 10.3 Å². The van der Waals surface area contributed by atoms with Crippen LogP contribution in [0, 0.1) is 0 Å².